The zero-order chi connectivity index (χ0) is 19.5. The number of hydrogen-bond acceptors (Lipinski definition) is 5. The Kier molecular flexibility index (Phi) is 3.74. The number of methoxy groups -OCH3 is 1. The number of aromatic nitrogens is 1. The molecule has 2 atom stereocenters. The van der Waals surface area contributed by atoms with Gasteiger partial charge in [0.15, 0.2) is 32.8 Å². The van der Waals surface area contributed by atoms with Gasteiger partial charge in [-0.3, -0.25) is 10.1 Å². The monoisotopic (exact) mass is 374 g/mol. The summed E-state index contributed by atoms with van der Waals surface area (Å²) in [7, 11) is 5.19. The second-order valence-corrected chi connectivity index (χ2v) is 7.75. The van der Waals surface area contributed by atoms with E-state index in [0.717, 1.165) is 33.5 Å². The first-order chi connectivity index (χ1) is 13.4. The fourth-order valence-corrected chi connectivity index (χ4v) is 4.21. The van der Waals surface area contributed by atoms with E-state index in [1.165, 1.54) is 7.11 Å². The van der Waals surface area contributed by atoms with E-state index in [2.05, 4.69) is 22.4 Å². The fraction of sp³-hybridized carbons (Fsp3) is 0.250. The number of nitrogens with one attached hydrogen (secondary N) is 2. The largest absolute Gasteiger partial charge is 0.468 e. The van der Waals surface area contributed by atoms with E-state index in [-0.39, 0.29) is 12.0 Å². The molecular formula is C20H20B2N2O4. The molecule has 8 heteroatoms. The number of benzene rings is 2. The average Bonchev–Trinajstić information content (AvgIpc) is 3.21. The molecule has 0 fully saturated rings. The molecule has 3 heterocycles. The minimum absolute atomic E-state index is 0.183. The molecule has 0 radical (unpaired) electrons. The van der Waals surface area contributed by atoms with Crippen molar-refractivity contribution in [2.45, 2.75) is 24.1 Å². The topological polar surface area (TPSA) is 72.6 Å². The Morgan fingerprint density at radius 3 is 2.79 bits per heavy atom. The first kappa shape index (κ1) is 17.3. The summed E-state index contributed by atoms with van der Waals surface area (Å²) in [5.41, 5.74) is 3.60. The van der Waals surface area contributed by atoms with Crippen LogP contribution in [-0.4, -0.2) is 45.4 Å². The van der Waals surface area contributed by atoms with Crippen molar-refractivity contribution in [3.8, 4) is 11.5 Å². The summed E-state index contributed by atoms with van der Waals surface area (Å²) < 4.78 is 16.7. The van der Waals surface area contributed by atoms with Crippen molar-refractivity contribution in [1.29, 1.82) is 0 Å². The molecule has 0 aliphatic carbocycles. The molecule has 0 spiro atoms. The second kappa shape index (κ2) is 6.07. The number of rotatable bonds is 2. The highest BCUT2D eigenvalue weighted by Gasteiger charge is 2.36. The molecule has 140 valence electrons. The molecular weight excluding hydrogens is 354 g/mol. The highest BCUT2D eigenvalue weighted by molar-refractivity contribution is 6.38. The van der Waals surface area contributed by atoms with E-state index in [4.69, 9.17) is 14.2 Å². The van der Waals surface area contributed by atoms with E-state index in [0.29, 0.717) is 12.2 Å². The van der Waals surface area contributed by atoms with Gasteiger partial charge in [0.2, 0.25) is 0 Å². The minimum Gasteiger partial charge on any atom is -0.468 e. The van der Waals surface area contributed by atoms with Crippen molar-refractivity contribution in [3.05, 3.63) is 59.3 Å². The lowest BCUT2D eigenvalue weighted by molar-refractivity contribution is -0.143. The molecule has 2 aliphatic rings. The summed E-state index contributed by atoms with van der Waals surface area (Å²) in [4.78, 5) is 15.9. The summed E-state index contributed by atoms with van der Waals surface area (Å²) in [5, 5.41) is 4.59. The predicted octanol–water partition coefficient (Wildman–Crippen LogP) is 0.593. The molecule has 2 N–H and O–H groups in total. The van der Waals surface area contributed by atoms with Crippen molar-refractivity contribution < 1.29 is 19.0 Å². The van der Waals surface area contributed by atoms with Gasteiger partial charge in [-0.2, -0.15) is 0 Å². The van der Waals surface area contributed by atoms with Gasteiger partial charge in [-0.15, -0.1) is 0 Å². The van der Waals surface area contributed by atoms with Gasteiger partial charge in [0.05, 0.1) is 13.2 Å². The summed E-state index contributed by atoms with van der Waals surface area (Å²) in [6.07, 6.45) is 0.583. The van der Waals surface area contributed by atoms with E-state index >= 15 is 0 Å². The van der Waals surface area contributed by atoms with E-state index in [9.17, 15) is 4.79 Å². The molecule has 0 bridgehead atoms. The summed E-state index contributed by atoms with van der Waals surface area (Å²) in [6.45, 7) is 0. The van der Waals surface area contributed by atoms with Crippen LogP contribution in [0.3, 0.4) is 0 Å². The normalized spacial score (nSPS) is 22.0. The van der Waals surface area contributed by atoms with Crippen molar-refractivity contribution >= 4 is 32.6 Å². The summed E-state index contributed by atoms with van der Waals surface area (Å²) >= 11 is 0. The number of para-hydroxylation sites is 1. The van der Waals surface area contributed by atoms with Gasteiger partial charge in [-0.1, -0.05) is 24.3 Å². The fourth-order valence-electron chi connectivity index (χ4n) is 4.21. The molecule has 2 aromatic carbocycles. The molecule has 3 aromatic rings. The number of aromatic amines is 1. The molecule has 0 unspecified atom stereocenters. The van der Waals surface area contributed by atoms with Gasteiger partial charge in [0.1, 0.15) is 6.04 Å². The van der Waals surface area contributed by atoms with Crippen LogP contribution in [0.1, 0.15) is 22.9 Å². The number of esters is 1. The highest BCUT2D eigenvalue weighted by atomic mass is 16.7. The number of carbonyl (C=O) groups is 1. The lowest BCUT2D eigenvalue weighted by Crippen LogP contribution is -2.45. The Morgan fingerprint density at radius 2 is 1.96 bits per heavy atom. The maximum Gasteiger partial charge on any atom is 0.323 e. The van der Waals surface area contributed by atoms with Crippen molar-refractivity contribution in [2.75, 3.05) is 7.11 Å². The lowest BCUT2D eigenvalue weighted by atomic mass is 9.76. The molecule has 2 aliphatic heterocycles. The van der Waals surface area contributed by atoms with Gasteiger partial charge in [0.25, 0.3) is 0 Å². The molecule has 5 rings (SSSR count). The molecule has 1 aromatic heterocycles. The van der Waals surface area contributed by atoms with Crippen LogP contribution in [0.15, 0.2) is 42.5 Å². The van der Waals surface area contributed by atoms with Crippen LogP contribution < -0.4 is 14.8 Å². The van der Waals surface area contributed by atoms with Crippen LogP contribution >= 0.6 is 0 Å². The predicted molar refractivity (Wildman–Crippen MR) is 110 cm³/mol. The maximum atomic E-state index is 12.3. The van der Waals surface area contributed by atoms with Crippen LogP contribution in [0.25, 0.3) is 10.9 Å². The molecule has 0 saturated carbocycles. The Labute approximate surface area is 164 Å². The Hall–Kier alpha value is -2.86. The van der Waals surface area contributed by atoms with Crippen LogP contribution in [0.5, 0.6) is 11.5 Å². The smallest absolute Gasteiger partial charge is 0.323 e. The van der Waals surface area contributed by atoms with Gasteiger partial charge in [-0.05, 0) is 29.3 Å². The zero-order valence-corrected chi connectivity index (χ0v) is 16.0. The molecule has 28 heavy (non-hydrogen) atoms. The average molecular weight is 374 g/mol. The highest BCUT2D eigenvalue weighted by Crippen LogP contribution is 2.41. The summed E-state index contributed by atoms with van der Waals surface area (Å²) in [5.74, 6) is 1.18. The first-order valence-corrected chi connectivity index (χ1v) is 9.40. The third-order valence-electron chi connectivity index (χ3n) is 5.41. The van der Waals surface area contributed by atoms with Crippen molar-refractivity contribution in [3.63, 3.8) is 0 Å². The molecule has 0 amide bonds. The number of carbonyl (C=O) groups excluding carboxylic acids is 1. The van der Waals surface area contributed by atoms with Gasteiger partial charge in [-0.25, -0.2) is 0 Å². The first-order valence-electron chi connectivity index (χ1n) is 9.40. The molecule has 0 saturated heterocycles. The van der Waals surface area contributed by atoms with Gasteiger partial charge in [0, 0.05) is 23.0 Å². The number of ether oxygens (including phenoxy) is 3. The maximum absolute atomic E-state index is 12.3. The Morgan fingerprint density at radius 1 is 1.18 bits per heavy atom. The Bertz CT molecular complexity index is 1090. The minimum atomic E-state index is -0.679. The van der Waals surface area contributed by atoms with Crippen LogP contribution in [0.4, 0.5) is 0 Å². The van der Waals surface area contributed by atoms with Crippen LogP contribution in [0, 0.1) is 0 Å². The third kappa shape index (κ3) is 2.67. The van der Waals surface area contributed by atoms with Crippen LogP contribution in [-0.2, 0) is 16.0 Å². The number of fused-ring (bicyclic) bond motifs is 4. The zero-order valence-electron chi connectivity index (χ0n) is 16.0. The quantitative estimate of drug-likeness (QED) is 0.508. The van der Waals surface area contributed by atoms with Gasteiger partial charge >= 0.3 is 5.97 Å². The van der Waals surface area contributed by atoms with E-state index in [1.54, 1.807) is 0 Å². The molecule has 6 nitrogen and oxygen atoms in total. The van der Waals surface area contributed by atoms with Gasteiger partial charge < -0.3 is 19.2 Å². The SMILES string of the molecule is BC1(B)Oc2ccc([C@H]3N[C@@H](C(=O)OC)Cc4c3[nH]c3ccccc43)cc2O1. The number of hydrogen-bond donors (Lipinski definition) is 2. The second-order valence-electron chi connectivity index (χ2n) is 7.75. The van der Waals surface area contributed by atoms with E-state index < -0.39 is 11.6 Å². The van der Waals surface area contributed by atoms with Crippen LogP contribution in [0.2, 0.25) is 0 Å². The van der Waals surface area contributed by atoms with Crippen molar-refractivity contribution in [2.24, 2.45) is 0 Å². The lowest BCUT2D eigenvalue weighted by Gasteiger charge is -2.30. The summed E-state index contributed by atoms with van der Waals surface area (Å²) in [6, 6.07) is 13.5. The standard InChI is InChI=1S/C20H20B2N2O4/c1-26-19(25)14-9-12-11-4-2-3-5-13(11)23-18(12)17(24-14)10-6-7-15-16(8-10)28-20(21,22)27-15/h2-8,14,17,23-24H,9,21-22H2,1H3/t14-,17-/m1/s1. The Balaban J connectivity index is 1.62. The van der Waals surface area contributed by atoms with Crippen molar-refractivity contribution in [1.82, 2.24) is 10.3 Å². The third-order valence-corrected chi connectivity index (χ3v) is 5.41. The van der Waals surface area contributed by atoms with E-state index in [1.807, 2.05) is 46.0 Å². The number of H-pyrrole nitrogens is 1.